The molecule has 0 heterocycles. The van der Waals surface area contributed by atoms with Crippen LogP contribution < -0.4 is 0 Å². The smallest absolute Gasteiger partial charge is 0.0622 e. The quantitative estimate of drug-likeness (QED) is 0.127. The van der Waals surface area contributed by atoms with Gasteiger partial charge in [0, 0.05) is 0 Å². The Kier molecular flexibility index (Phi) is 5.80. The van der Waals surface area contributed by atoms with E-state index in [-0.39, 0.29) is 0 Å². The molecule has 0 radical (unpaired) electrons. The molecular weight excluding hydrogens is 637 g/mol. The fourth-order valence-electron chi connectivity index (χ4n) is 10.1. The van der Waals surface area contributed by atoms with Crippen molar-refractivity contribution in [3.05, 3.63) is 216 Å². The van der Waals surface area contributed by atoms with E-state index in [2.05, 4.69) is 194 Å². The van der Waals surface area contributed by atoms with Gasteiger partial charge in [-0.05, 0) is 140 Å². The van der Waals surface area contributed by atoms with Crippen molar-refractivity contribution in [1.82, 2.24) is 0 Å². The fourth-order valence-corrected chi connectivity index (χ4v) is 10.1. The van der Waals surface area contributed by atoms with E-state index in [1.54, 1.807) is 0 Å². The lowest BCUT2D eigenvalue weighted by atomic mass is 9.69. The Bertz CT molecular complexity index is 3120. The molecule has 0 aliphatic heterocycles. The van der Waals surface area contributed by atoms with Gasteiger partial charge in [-0.1, -0.05) is 164 Å². The summed E-state index contributed by atoms with van der Waals surface area (Å²) in [7, 11) is 0. The van der Waals surface area contributed by atoms with Gasteiger partial charge in [0.1, 0.15) is 0 Å². The zero-order chi connectivity index (χ0) is 34.7. The summed E-state index contributed by atoms with van der Waals surface area (Å²) in [6.07, 6.45) is 0. The molecule has 244 valence electrons. The summed E-state index contributed by atoms with van der Waals surface area (Å²) in [5.41, 5.74) is 15.3. The molecule has 10 aromatic carbocycles. The third-order valence-corrected chi connectivity index (χ3v) is 12.2. The number of hydrogen-bond donors (Lipinski definition) is 0. The van der Waals surface area contributed by atoms with Crippen molar-refractivity contribution in [3.8, 4) is 44.5 Å². The summed E-state index contributed by atoms with van der Waals surface area (Å²) in [4.78, 5) is 0. The zero-order valence-corrected chi connectivity index (χ0v) is 29.0. The molecule has 0 nitrogen and oxygen atoms in total. The number of benzene rings is 10. The largest absolute Gasteiger partial charge is 0.0726 e. The molecule has 2 aliphatic rings. The predicted octanol–water partition coefficient (Wildman–Crippen LogP) is 14.0. The van der Waals surface area contributed by atoms with Gasteiger partial charge in [-0.2, -0.15) is 0 Å². The second-order valence-corrected chi connectivity index (χ2v) is 14.8. The molecule has 0 amide bonds. The molecule has 12 rings (SSSR count). The van der Waals surface area contributed by atoms with Crippen LogP contribution in [0.25, 0.3) is 87.6 Å². The first kappa shape index (κ1) is 28.9. The highest BCUT2D eigenvalue weighted by atomic mass is 14.5. The van der Waals surface area contributed by atoms with Crippen LogP contribution in [0.2, 0.25) is 0 Å². The van der Waals surface area contributed by atoms with Crippen LogP contribution in [0.1, 0.15) is 22.3 Å². The van der Waals surface area contributed by atoms with Crippen LogP contribution in [0.4, 0.5) is 0 Å². The van der Waals surface area contributed by atoms with Crippen molar-refractivity contribution < 1.29 is 0 Å². The molecule has 0 saturated carbocycles. The lowest BCUT2D eigenvalue weighted by Gasteiger charge is -2.31. The molecule has 0 heteroatoms. The van der Waals surface area contributed by atoms with Crippen molar-refractivity contribution in [2.75, 3.05) is 0 Å². The minimum absolute atomic E-state index is 0.478. The molecule has 10 aromatic rings. The zero-order valence-electron chi connectivity index (χ0n) is 29.0. The summed E-state index contributed by atoms with van der Waals surface area (Å²) in [5.74, 6) is 0. The Morgan fingerprint density at radius 3 is 1.60 bits per heavy atom. The first-order valence-corrected chi connectivity index (χ1v) is 18.6. The molecule has 0 unspecified atom stereocenters. The molecule has 1 spiro atoms. The van der Waals surface area contributed by atoms with Crippen LogP contribution in [-0.4, -0.2) is 0 Å². The van der Waals surface area contributed by atoms with Crippen molar-refractivity contribution in [1.29, 1.82) is 0 Å². The third-order valence-electron chi connectivity index (χ3n) is 12.2. The second-order valence-electron chi connectivity index (χ2n) is 14.8. The Morgan fingerprint density at radius 2 is 0.849 bits per heavy atom. The van der Waals surface area contributed by atoms with Gasteiger partial charge in [0.15, 0.2) is 0 Å². The Balaban J connectivity index is 1.30. The number of fused-ring (bicyclic) bond motifs is 15. The van der Waals surface area contributed by atoms with E-state index in [0.29, 0.717) is 0 Å². The Morgan fingerprint density at radius 1 is 0.245 bits per heavy atom. The van der Waals surface area contributed by atoms with Crippen LogP contribution in [0.15, 0.2) is 194 Å². The normalized spacial score (nSPS) is 13.4. The highest BCUT2D eigenvalue weighted by molar-refractivity contribution is 6.20. The highest BCUT2D eigenvalue weighted by Crippen LogP contribution is 2.65. The summed E-state index contributed by atoms with van der Waals surface area (Å²) in [6.45, 7) is 0. The highest BCUT2D eigenvalue weighted by Gasteiger charge is 2.52. The maximum Gasteiger partial charge on any atom is 0.0726 e. The van der Waals surface area contributed by atoms with Gasteiger partial charge in [0.25, 0.3) is 0 Å². The average molecular weight is 669 g/mol. The molecular formula is C53H32. The molecule has 0 aromatic heterocycles. The second kappa shape index (κ2) is 10.6. The van der Waals surface area contributed by atoms with E-state index in [1.807, 2.05) is 0 Å². The minimum Gasteiger partial charge on any atom is -0.0622 e. The van der Waals surface area contributed by atoms with Gasteiger partial charge < -0.3 is 0 Å². The minimum atomic E-state index is -0.478. The van der Waals surface area contributed by atoms with Crippen LogP contribution in [0.3, 0.4) is 0 Å². The molecule has 2 aliphatic carbocycles. The molecule has 0 N–H and O–H groups in total. The van der Waals surface area contributed by atoms with E-state index in [0.717, 1.165) is 0 Å². The van der Waals surface area contributed by atoms with Crippen LogP contribution >= 0.6 is 0 Å². The van der Waals surface area contributed by atoms with Gasteiger partial charge in [-0.15, -0.1) is 0 Å². The van der Waals surface area contributed by atoms with Crippen LogP contribution in [-0.2, 0) is 5.41 Å². The molecule has 0 atom stereocenters. The van der Waals surface area contributed by atoms with Crippen LogP contribution in [0.5, 0.6) is 0 Å². The summed E-state index contributed by atoms with van der Waals surface area (Å²) in [5, 5.41) is 10.2. The topological polar surface area (TPSA) is 0 Å². The van der Waals surface area contributed by atoms with Crippen molar-refractivity contribution in [2.24, 2.45) is 0 Å². The summed E-state index contributed by atoms with van der Waals surface area (Å²) in [6, 6.07) is 73.1. The first-order chi connectivity index (χ1) is 26.3. The van der Waals surface area contributed by atoms with Crippen molar-refractivity contribution in [2.45, 2.75) is 5.41 Å². The lowest BCUT2D eigenvalue weighted by molar-refractivity contribution is 0.795. The standard InChI is InChI=1S/C53H32/c1-2-14-33(15-3-1)44-30-38(51-40-21-9-7-19-37(40)29-45-39-20-8-6-16-34(39)26-27-43(45)51)32-50-52(44)46-28-35-17-4-5-18-36(35)31-49(46)53(50)47-24-12-10-22-41(47)42-23-11-13-25-48(42)53/h1-32H. The monoisotopic (exact) mass is 668 g/mol. The van der Waals surface area contributed by atoms with E-state index in [4.69, 9.17) is 0 Å². The van der Waals surface area contributed by atoms with E-state index >= 15 is 0 Å². The van der Waals surface area contributed by atoms with E-state index in [1.165, 1.54) is 110 Å². The predicted molar refractivity (Wildman–Crippen MR) is 224 cm³/mol. The molecule has 0 bridgehead atoms. The molecule has 0 fully saturated rings. The third kappa shape index (κ3) is 3.80. The maximum atomic E-state index is 2.57. The Labute approximate surface area is 308 Å². The SMILES string of the molecule is c1ccc(-c2cc(-c3c4ccccc4cc4c3ccc3ccccc34)cc3c2-c2cc4ccccc4cc2C32c3ccccc3-c3ccccc32)cc1. The van der Waals surface area contributed by atoms with Crippen molar-refractivity contribution in [3.63, 3.8) is 0 Å². The van der Waals surface area contributed by atoms with Gasteiger partial charge in [-0.3, -0.25) is 0 Å². The van der Waals surface area contributed by atoms with Crippen LogP contribution in [0, 0.1) is 0 Å². The first-order valence-electron chi connectivity index (χ1n) is 18.6. The fraction of sp³-hybridized carbons (Fsp3) is 0.0189. The average Bonchev–Trinajstić information content (AvgIpc) is 3.68. The molecule has 53 heavy (non-hydrogen) atoms. The maximum absolute atomic E-state index is 2.57. The summed E-state index contributed by atoms with van der Waals surface area (Å²) >= 11 is 0. The van der Waals surface area contributed by atoms with Gasteiger partial charge in [0.2, 0.25) is 0 Å². The van der Waals surface area contributed by atoms with Gasteiger partial charge in [-0.25, -0.2) is 0 Å². The number of hydrogen-bond acceptors (Lipinski definition) is 0. The number of rotatable bonds is 2. The molecule has 0 saturated heterocycles. The Hall–Kier alpha value is -6.76. The lowest BCUT2D eigenvalue weighted by Crippen LogP contribution is -2.26. The van der Waals surface area contributed by atoms with Gasteiger partial charge in [0.05, 0.1) is 5.41 Å². The van der Waals surface area contributed by atoms with Gasteiger partial charge >= 0.3 is 0 Å². The van der Waals surface area contributed by atoms with Crippen molar-refractivity contribution >= 4 is 43.1 Å². The summed E-state index contributed by atoms with van der Waals surface area (Å²) < 4.78 is 0. The van der Waals surface area contributed by atoms with E-state index < -0.39 is 5.41 Å². The van der Waals surface area contributed by atoms with E-state index in [9.17, 15) is 0 Å².